The highest BCUT2D eigenvalue weighted by molar-refractivity contribution is 5.76. The number of allylic oxidation sites excluding steroid dienone is 2. The number of ether oxygens (including phenoxy) is 2. The molecule has 0 bridgehead atoms. The van der Waals surface area contributed by atoms with Crippen LogP contribution in [0.5, 0.6) is 0 Å². The van der Waals surface area contributed by atoms with Gasteiger partial charge in [-0.1, -0.05) is 392 Å². The van der Waals surface area contributed by atoms with Crippen molar-refractivity contribution in [3.8, 4) is 0 Å². The van der Waals surface area contributed by atoms with Crippen molar-refractivity contribution in [1.82, 2.24) is 5.32 Å². The van der Waals surface area contributed by atoms with E-state index in [1.165, 1.54) is 360 Å². The van der Waals surface area contributed by atoms with Gasteiger partial charge < -0.3 is 40.3 Å². The molecule has 1 saturated heterocycles. The van der Waals surface area contributed by atoms with Gasteiger partial charge in [-0.25, -0.2) is 0 Å². The predicted molar refractivity (Wildman–Crippen MR) is 374 cm³/mol. The van der Waals surface area contributed by atoms with Gasteiger partial charge in [-0.3, -0.25) is 4.79 Å². The molecular weight excluding hydrogens is 1080 g/mol. The van der Waals surface area contributed by atoms with Gasteiger partial charge in [0, 0.05) is 6.42 Å². The SMILES string of the molecule is CCCCCCCCCC/C=C\CCCCCCCCCCCCCCCCCCCCCCCC(=O)NC(COC1OC(CO)C(O)C(O)C1O)C(O)CCCCCCCCCCCCCCCCCCCCCCCCCCCCCCCCC. The lowest BCUT2D eigenvalue weighted by molar-refractivity contribution is -0.302. The highest BCUT2D eigenvalue weighted by atomic mass is 16.7. The van der Waals surface area contributed by atoms with Crippen LogP contribution in [-0.2, 0) is 14.3 Å². The first-order chi connectivity index (χ1) is 42.8. The quantitative estimate of drug-likeness (QED) is 0.0261. The van der Waals surface area contributed by atoms with Crippen molar-refractivity contribution < 1.29 is 39.8 Å². The number of unbranched alkanes of at least 4 members (excludes halogenated alkanes) is 59. The summed E-state index contributed by atoms with van der Waals surface area (Å²) in [6, 6.07) is -0.717. The Hall–Kier alpha value is -1.07. The monoisotopic (exact) mass is 1230 g/mol. The molecule has 7 unspecified atom stereocenters. The molecular formula is C78H153NO8. The minimum atomic E-state index is -1.55. The molecule has 1 heterocycles. The van der Waals surface area contributed by atoms with E-state index in [9.17, 15) is 30.3 Å². The molecule has 0 aromatic rings. The number of aliphatic hydroxyl groups is 5. The van der Waals surface area contributed by atoms with E-state index in [0.717, 1.165) is 38.5 Å². The van der Waals surface area contributed by atoms with Gasteiger partial charge in [0.25, 0.3) is 0 Å². The standard InChI is InChI=1S/C78H153NO8/c1-3-5-7-9-11-13-15-17-19-21-23-25-27-29-31-33-35-36-38-40-42-44-46-48-50-52-54-56-58-60-62-64-66-68-74(82)79-71(70-86-78-77(85)76(84)75(83)73(69-80)87-78)72(81)67-65-63-61-59-57-55-53-51-49-47-45-43-41-39-37-34-32-30-28-26-24-22-20-18-16-14-12-10-8-6-4-2/h21,23,71-73,75-78,80-81,83-85H,3-20,22,24-70H2,1-2H3,(H,79,82)/b23-21-. The molecule has 7 atom stereocenters. The van der Waals surface area contributed by atoms with Crippen molar-refractivity contribution in [3.05, 3.63) is 12.2 Å². The maximum absolute atomic E-state index is 13.2. The molecule has 0 aromatic heterocycles. The topological polar surface area (TPSA) is 149 Å². The fourth-order valence-electron chi connectivity index (χ4n) is 13.2. The van der Waals surface area contributed by atoms with Crippen molar-refractivity contribution in [3.63, 3.8) is 0 Å². The summed E-state index contributed by atoms with van der Waals surface area (Å²) < 4.78 is 11.4. The molecule has 1 aliphatic heterocycles. The van der Waals surface area contributed by atoms with Crippen LogP contribution >= 0.6 is 0 Å². The lowest BCUT2D eigenvalue weighted by Gasteiger charge is -2.40. The van der Waals surface area contributed by atoms with E-state index < -0.39 is 49.5 Å². The summed E-state index contributed by atoms with van der Waals surface area (Å²) in [4.78, 5) is 13.2. The second kappa shape index (κ2) is 67.8. The average molecular weight is 1230 g/mol. The summed E-state index contributed by atoms with van der Waals surface area (Å²) in [7, 11) is 0. The van der Waals surface area contributed by atoms with E-state index in [-0.39, 0.29) is 12.5 Å². The highest BCUT2D eigenvalue weighted by Crippen LogP contribution is 2.24. The summed E-state index contributed by atoms with van der Waals surface area (Å²) in [6.45, 7) is 3.91. The normalized spacial score (nSPS) is 17.9. The maximum Gasteiger partial charge on any atom is 0.220 e. The summed E-state index contributed by atoms with van der Waals surface area (Å²) in [5.41, 5.74) is 0. The Balaban J connectivity index is 2.05. The summed E-state index contributed by atoms with van der Waals surface area (Å²) >= 11 is 0. The van der Waals surface area contributed by atoms with Crippen LogP contribution in [0.15, 0.2) is 12.2 Å². The number of aliphatic hydroxyl groups excluding tert-OH is 5. The zero-order valence-electron chi connectivity index (χ0n) is 58.3. The molecule has 0 spiro atoms. The second-order valence-electron chi connectivity index (χ2n) is 27.9. The second-order valence-corrected chi connectivity index (χ2v) is 27.9. The molecule has 0 radical (unpaired) electrons. The lowest BCUT2D eigenvalue weighted by Crippen LogP contribution is -2.60. The Morgan fingerprint density at radius 3 is 0.931 bits per heavy atom. The van der Waals surface area contributed by atoms with Gasteiger partial charge in [-0.05, 0) is 38.5 Å². The molecule has 518 valence electrons. The number of hydrogen-bond donors (Lipinski definition) is 6. The Bertz CT molecular complexity index is 1380. The fourth-order valence-corrected chi connectivity index (χ4v) is 13.2. The fraction of sp³-hybridized carbons (Fsp3) is 0.962. The third-order valence-corrected chi connectivity index (χ3v) is 19.4. The first-order valence-corrected chi connectivity index (χ1v) is 39.4. The van der Waals surface area contributed by atoms with Gasteiger partial charge in [-0.2, -0.15) is 0 Å². The van der Waals surface area contributed by atoms with E-state index >= 15 is 0 Å². The van der Waals surface area contributed by atoms with Crippen molar-refractivity contribution in [2.75, 3.05) is 13.2 Å². The van der Waals surface area contributed by atoms with E-state index in [2.05, 4.69) is 31.3 Å². The van der Waals surface area contributed by atoms with Crippen LogP contribution in [0.4, 0.5) is 0 Å². The number of nitrogens with one attached hydrogen (secondary N) is 1. The van der Waals surface area contributed by atoms with Gasteiger partial charge >= 0.3 is 0 Å². The zero-order chi connectivity index (χ0) is 62.8. The van der Waals surface area contributed by atoms with E-state index in [1.807, 2.05) is 0 Å². The Morgan fingerprint density at radius 1 is 0.379 bits per heavy atom. The van der Waals surface area contributed by atoms with Crippen molar-refractivity contribution in [2.24, 2.45) is 0 Å². The van der Waals surface area contributed by atoms with E-state index in [0.29, 0.717) is 12.8 Å². The predicted octanol–water partition coefficient (Wildman–Crippen LogP) is 22.2. The highest BCUT2D eigenvalue weighted by Gasteiger charge is 2.44. The average Bonchev–Trinajstić information content (AvgIpc) is 3.38. The molecule has 0 aliphatic carbocycles. The van der Waals surface area contributed by atoms with Crippen LogP contribution in [0, 0.1) is 0 Å². The van der Waals surface area contributed by atoms with E-state index in [4.69, 9.17) is 9.47 Å². The Morgan fingerprint density at radius 2 is 0.644 bits per heavy atom. The number of carbonyl (C=O) groups excluding carboxylic acids is 1. The maximum atomic E-state index is 13.2. The first-order valence-electron chi connectivity index (χ1n) is 39.4. The van der Waals surface area contributed by atoms with Crippen molar-refractivity contribution in [1.29, 1.82) is 0 Å². The summed E-state index contributed by atoms with van der Waals surface area (Å²) in [5, 5.41) is 55.1. The molecule has 1 fully saturated rings. The van der Waals surface area contributed by atoms with Gasteiger partial charge in [-0.15, -0.1) is 0 Å². The minimum absolute atomic E-state index is 0.131. The van der Waals surface area contributed by atoms with Gasteiger partial charge in [0.2, 0.25) is 5.91 Å². The number of rotatable bonds is 71. The zero-order valence-corrected chi connectivity index (χ0v) is 58.3. The van der Waals surface area contributed by atoms with Crippen molar-refractivity contribution in [2.45, 2.75) is 468 Å². The van der Waals surface area contributed by atoms with E-state index in [1.54, 1.807) is 0 Å². The molecule has 1 rings (SSSR count). The van der Waals surface area contributed by atoms with Gasteiger partial charge in [0.05, 0.1) is 25.4 Å². The summed E-state index contributed by atoms with van der Waals surface area (Å²) in [6.07, 6.45) is 81.8. The first kappa shape index (κ1) is 83.9. The molecule has 0 saturated carbocycles. The molecule has 1 amide bonds. The lowest BCUT2D eigenvalue weighted by atomic mass is 9.99. The molecule has 9 nitrogen and oxygen atoms in total. The smallest absolute Gasteiger partial charge is 0.220 e. The molecule has 6 N–H and O–H groups in total. The molecule has 0 aromatic carbocycles. The van der Waals surface area contributed by atoms with Crippen LogP contribution in [-0.4, -0.2) is 87.5 Å². The Kier molecular flexibility index (Phi) is 65.4. The van der Waals surface area contributed by atoms with Crippen LogP contribution in [0.1, 0.15) is 425 Å². The number of hydrogen-bond acceptors (Lipinski definition) is 8. The summed E-state index contributed by atoms with van der Waals surface area (Å²) in [5.74, 6) is -0.133. The molecule has 1 aliphatic rings. The van der Waals surface area contributed by atoms with Crippen molar-refractivity contribution >= 4 is 5.91 Å². The molecule has 87 heavy (non-hydrogen) atoms. The minimum Gasteiger partial charge on any atom is -0.394 e. The number of amides is 1. The largest absolute Gasteiger partial charge is 0.394 e. The van der Waals surface area contributed by atoms with Crippen LogP contribution in [0.2, 0.25) is 0 Å². The third kappa shape index (κ3) is 56.2. The van der Waals surface area contributed by atoms with Crippen LogP contribution < -0.4 is 5.32 Å². The van der Waals surface area contributed by atoms with Crippen LogP contribution in [0.25, 0.3) is 0 Å². The van der Waals surface area contributed by atoms with Gasteiger partial charge in [0.1, 0.15) is 24.4 Å². The van der Waals surface area contributed by atoms with Crippen LogP contribution in [0.3, 0.4) is 0 Å². The Labute approximate surface area is 541 Å². The van der Waals surface area contributed by atoms with Gasteiger partial charge in [0.15, 0.2) is 6.29 Å². The third-order valence-electron chi connectivity index (χ3n) is 19.4. The molecule has 9 heteroatoms. The number of carbonyl (C=O) groups is 1.